The second-order valence-corrected chi connectivity index (χ2v) is 8.46. The Kier molecular flexibility index (Phi) is 5.07. The van der Waals surface area contributed by atoms with E-state index in [1.807, 2.05) is 6.92 Å². The number of amides is 1. The van der Waals surface area contributed by atoms with E-state index in [1.54, 1.807) is 43.3 Å². The lowest BCUT2D eigenvalue weighted by atomic mass is 10.1. The normalized spacial score (nSPS) is 12.9. The van der Waals surface area contributed by atoms with Gasteiger partial charge >= 0.3 is 0 Å². The zero-order valence-corrected chi connectivity index (χ0v) is 16.0. The fraction of sp³-hybridized carbons (Fsp3) is 0.211. The average Bonchev–Trinajstić information content (AvgIpc) is 2.99. The number of H-pyrrole nitrogens is 1. The standard InChI is InChI=1S/C19H19ClN2O3S/c1-3-12(2)19(23)22-18-17(15-11-13(20)9-10-16(15)21-18)26(24,25)14-7-5-4-6-8-14/h4-12,21H,3H2,1-2H3,(H,22,23). The molecule has 0 bridgehead atoms. The first-order chi connectivity index (χ1) is 12.3. The molecule has 136 valence electrons. The Bertz CT molecular complexity index is 1060. The molecule has 0 aliphatic heterocycles. The summed E-state index contributed by atoms with van der Waals surface area (Å²) in [6.07, 6.45) is 0.651. The molecule has 1 heterocycles. The number of fused-ring (bicyclic) bond motifs is 1. The first-order valence-corrected chi connectivity index (χ1v) is 10.1. The molecule has 3 rings (SSSR count). The summed E-state index contributed by atoms with van der Waals surface area (Å²) in [5.74, 6) is -0.316. The largest absolute Gasteiger partial charge is 0.340 e. The van der Waals surface area contributed by atoms with Crippen molar-refractivity contribution in [2.45, 2.75) is 30.1 Å². The fourth-order valence-corrected chi connectivity index (χ4v) is 4.41. The van der Waals surface area contributed by atoms with Crippen LogP contribution in [-0.4, -0.2) is 19.3 Å². The first kappa shape index (κ1) is 18.5. The van der Waals surface area contributed by atoms with Crippen molar-refractivity contribution in [2.75, 3.05) is 5.32 Å². The van der Waals surface area contributed by atoms with Crippen molar-refractivity contribution in [1.82, 2.24) is 4.98 Å². The molecule has 1 unspecified atom stereocenters. The van der Waals surface area contributed by atoms with Crippen LogP contribution in [0.3, 0.4) is 0 Å². The van der Waals surface area contributed by atoms with E-state index < -0.39 is 9.84 Å². The third-order valence-corrected chi connectivity index (χ3v) is 6.43. The molecule has 2 aromatic carbocycles. The van der Waals surface area contributed by atoms with Crippen molar-refractivity contribution in [3.05, 3.63) is 53.6 Å². The quantitative estimate of drug-likeness (QED) is 0.666. The van der Waals surface area contributed by atoms with E-state index in [-0.39, 0.29) is 27.4 Å². The van der Waals surface area contributed by atoms with Gasteiger partial charge in [-0.3, -0.25) is 4.79 Å². The van der Waals surface area contributed by atoms with Gasteiger partial charge in [0.2, 0.25) is 15.7 Å². The van der Waals surface area contributed by atoms with E-state index in [2.05, 4.69) is 10.3 Å². The van der Waals surface area contributed by atoms with Crippen molar-refractivity contribution in [3.63, 3.8) is 0 Å². The minimum atomic E-state index is -3.85. The predicted molar refractivity (Wildman–Crippen MR) is 103 cm³/mol. The lowest BCUT2D eigenvalue weighted by Crippen LogP contribution is -2.21. The smallest absolute Gasteiger partial charge is 0.228 e. The molecule has 7 heteroatoms. The Morgan fingerprint density at radius 3 is 2.54 bits per heavy atom. The number of aromatic amines is 1. The number of carbonyl (C=O) groups excluding carboxylic acids is 1. The zero-order chi connectivity index (χ0) is 18.9. The Hall–Kier alpha value is -2.31. The number of hydrogen-bond acceptors (Lipinski definition) is 3. The van der Waals surface area contributed by atoms with Gasteiger partial charge in [-0.1, -0.05) is 43.6 Å². The van der Waals surface area contributed by atoms with Crippen molar-refractivity contribution in [3.8, 4) is 0 Å². The van der Waals surface area contributed by atoms with Gasteiger partial charge < -0.3 is 10.3 Å². The van der Waals surface area contributed by atoms with E-state index in [9.17, 15) is 13.2 Å². The summed E-state index contributed by atoms with van der Waals surface area (Å²) in [6, 6.07) is 13.1. The number of halogens is 1. The van der Waals surface area contributed by atoms with E-state index >= 15 is 0 Å². The number of hydrogen-bond donors (Lipinski definition) is 2. The van der Waals surface area contributed by atoms with Crippen LogP contribution in [0.5, 0.6) is 0 Å². The lowest BCUT2D eigenvalue weighted by molar-refractivity contribution is -0.119. The van der Waals surface area contributed by atoms with Crippen molar-refractivity contribution < 1.29 is 13.2 Å². The maximum absolute atomic E-state index is 13.2. The van der Waals surface area contributed by atoms with Crippen molar-refractivity contribution >= 4 is 44.1 Å². The zero-order valence-electron chi connectivity index (χ0n) is 14.4. The first-order valence-electron chi connectivity index (χ1n) is 8.26. The molecule has 1 atom stereocenters. The van der Waals surface area contributed by atoms with Gasteiger partial charge in [-0.25, -0.2) is 8.42 Å². The van der Waals surface area contributed by atoms with Crippen LogP contribution in [-0.2, 0) is 14.6 Å². The molecule has 0 aliphatic carbocycles. The molecule has 5 nitrogen and oxygen atoms in total. The Morgan fingerprint density at radius 1 is 1.19 bits per heavy atom. The monoisotopic (exact) mass is 390 g/mol. The summed E-state index contributed by atoms with van der Waals surface area (Å²) in [5, 5.41) is 3.59. The molecule has 3 aromatic rings. The summed E-state index contributed by atoms with van der Waals surface area (Å²) >= 11 is 6.08. The molecule has 1 amide bonds. The minimum absolute atomic E-state index is 0.0258. The maximum Gasteiger partial charge on any atom is 0.228 e. The van der Waals surface area contributed by atoms with Gasteiger partial charge in [0.05, 0.1) is 4.90 Å². The molecule has 0 aliphatic rings. The van der Waals surface area contributed by atoms with Gasteiger partial charge in [0, 0.05) is 21.8 Å². The summed E-state index contributed by atoms with van der Waals surface area (Å²) < 4.78 is 26.5. The van der Waals surface area contributed by atoms with Gasteiger partial charge in [-0.15, -0.1) is 0 Å². The fourth-order valence-electron chi connectivity index (χ4n) is 2.66. The molecule has 0 radical (unpaired) electrons. The summed E-state index contributed by atoms with van der Waals surface area (Å²) in [4.78, 5) is 15.5. The third kappa shape index (κ3) is 3.34. The molecule has 0 saturated heterocycles. The number of rotatable bonds is 5. The summed E-state index contributed by atoms with van der Waals surface area (Å²) in [6.45, 7) is 3.69. The van der Waals surface area contributed by atoms with Crippen LogP contribution in [0.15, 0.2) is 58.3 Å². The molecule has 2 N–H and O–H groups in total. The molecule has 0 saturated carbocycles. The minimum Gasteiger partial charge on any atom is -0.340 e. The van der Waals surface area contributed by atoms with Gasteiger partial charge in [-0.05, 0) is 36.8 Å². The Labute approximate surface area is 157 Å². The van der Waals surface area contributed by atoms with Crippen molar-refractivity contribution in [2.24, 2.45) is 5.92 Å². The lowest BCUT2D eigenvalue weighted by Gasteiger charge is -2.11. The van der Waals surface area contributed by atoms with Gasteiger partial charge in [0.15, 0.2) is 0 Å². The van der Waals surface area contributed by atoms with Gasteiger partial charge in [-0.2, -0.15) is 0 Å². The highest BCUT2D eigenvalue weighted by Crippen LogP contribution is 2.36. The summed E-state index contributed by atoms with van der Waals surface area (Å²) in [5.41, 5.74) is 0.586. The second-order valence-electron chi connectivity index (χ2n) is 6.13. The third-order valence-electron chi connectivity index (χ3n) is 4.34. The molecule has 0 fully saturated rings. The Morgan fingerprint density at radius 2 is 1.88 bits per heavy atom. The van der Waals surface area contributed by atoms with E-state index in [1.165, 1.54) is 12.1 Å². The number of nitrogens with one attached hydrogen (secondary N) is 2. The van der Waals surface area contributed by atoms with Gasteiger partial charge in [0.1, 0.15) is 10.7 Å². The van der Waals surface area contributed by atoms with Crippen LogP contribution in [0.4, 0.5) is 5.82 Å². The highest BCUT2D eigenvalue weighted by molar-refractivity contribution is 7.92. The number of anilines is 1. The van der Waals surface area contributed by atoms with Crippen LogP contribution in [0.2, 0.25) is 5.02 Å². The summed E-state index contributed by atoms with van der Waals surface area (Å²) in [7, 11) is -3.85. The van der Waals surface area contributed by atoms with Crippen LogP contribution in [0, 0.1) is 5.92 Å². The topological polar surface area (TPSA) is 79.0 Å². The van der Waals surface area contributed by atoms with E-state index in [4.69, 9.17) is 11.6 Å². The van der Waals surface area contributed by atoms with Crippen LogP contribution < -0.4 is 5.32 Å². The second kappa shape index (κ2) is 7.13. The number of aromatic nitrogens is 1. The maximum atomic E-state index is 13.2. The Balaban J connectivity index is 2.23. The van der Waals surface area contributed by atoms with Crippen LogP contribution >= 0.6 is 11.6 Å². The van der Waals surface area contributed by atoms with E-state index in [0.29, 0.717) is 22.3 Å². The highest BCUT2D eigenvalue weighted by atomic mass is 35.5. The molecule has 26 heavy (non-hydrogen) atoms. The SMILES string of the molecule is CCC(C)C(=O)Nc1[nH]c2ccc(Cl)cc2c1S(=O)(=O)c1ccccc1. The number of sulfone groups is 1. The van der Waals surface area contributed by atoms with E-state index in [0.717, 1.165) is 0 Å². The predicted octanol–water partition coefficient (Wildman–Crippen LogP) is 4.64. The van der Waals surface area contributed by atoms with Crippen LogP contribution in [0.25, 0.3) is 10.9 Å². The molecular formula is C19H19ClN2O3S. The molecular weight excluding hydrogens is 372 g/mol. The van der Waals surface area contributed by atoms with Crippen molar-refractivity contribution in [1.29, 1.82) is 0 Å². The number of benzene rings is 2. The highest BCUT2D eigenvalue weighted by Gasteiger charge is 2.28. The van der Waals surface area contributed by atoms with Gasteiger partial charge in [0.25, 0.3) is 0 Å². The average molecular weight is 391 g/mol. The molecule has 1 aromatic heterocycles. The van der Waals surface area contributed by atoms with Crippen LogP contribution in [0.1, 0.15) is 20.3 Å². The molecule has 0 spiro atoms. The number of carbonyl (C=O) groups is 1.